The van der Waals surface area contributed by atoms with Gasteiger partial charge in [-0.2, -0.15) is 0 Å². The summed E-state index contributed by atoms with van der Waals surface area (Å²) in [4.78, 5) is 12.1. The maximum Gasteiger partial charge on any atom is 0.573 e. The zero-order valence-electron chi connectivity index (χ0n) is 10.1. The van der Waals surface area contributed by atoms with Crippen LogP contribution in [-0.4, -0.2) is 12.1 Å². The van der Waals surface area contributed by atoms with Crippen LogP contribution in [0.3, 0.4) is 0 Å². The summed E-state index contributed by atoms with van der Waals surface area (Å²) in [6.07, 6.45) is -4.87. The molecule has 0 aliphatic carbocycles. The predicted molar refractivity (Wildman–Crippen MR) is 63.2 cm³/mol. The summed E-state index contributed by atoms with van der Waals surface area (Å²) < 4.78 is 45.8. The van der Waals surface area contributed by atoms with Crippen molar-refractivity contribution in [2.75, 3.05) is 0 Å². The highest BCUT2D eigenvalue weighted by Gasteiger charge is 2.33. The maximum atomic E-state index is 12.3. The van der Waals surface area contributed by atoms with Crippen molar-refractivity contribution < 1.29 is 27.1 Å². The summed E-state index contributed by atoms with van der Waals surface area (Å²) in [7, 11) is 0. The molecule has 0 spiro atoms. The highest BCUT2D eigenvalue weighted by Crippen LogP contribution is 2.28. The van der Waals surface area contributed by atoms with E-state index in [0.717, 1.165) is 6.07 Å². The van der Waals surface area contributed by atoms with Gasteiger partial charge in [-0.3, -0.25) is 4.79 Å². The van der Waals surface area contributed by atoms with Gasteiger partial charge in [0.15, 0.2) is 5.76 Å². The molecular weight excluding hydrogens is 275 g/mol. The van der Waals surface area contributed by atoms with Crippen molar-refractivity contribution in [2.45, 2.75) is 12.9 Å². The van der Waals surface area contributed by atoms with Gasteiger partial charge in [-0.25, -0.2) is 0 Å². The number of alkyl halides is 3. The summed E-state index contributed by atoms with van der Waals surface area (Å²) in [5.74, 6) is -1.01. The van der Waals surface area contributed by atoms with Crippen LogP contribution in [0.1, 0.15) is 21.9 Å². The van der Waals surface area contributed by atoms with E-state index in [1.807, 2.05) is 0 Å². The Bertz CT molecular complexity index is 619. The van der Waals surface area contributed by atoms with Crippen LogP contribution in [0.15, 0.2) is 40.8 Å². The second-order valence-corrected chi connectivity index (χ2v) is 3.84. The molecule has 0 aliphatic rings. The van der Waals surface area contributed by atoms with Gasteiger partial charge >= 0.3 is 6.36 Å². The fourth-order valence-electron chi connectivity index (χ4n) is 1.61. The molecule has 1 aromatic heterocycles. The molecule has 4 nitrogen and oxygen atoms in total. The summed E-state index contributed by atoms with van der Waals surface area (Å²) >= 11 is 0. The monoisotopic (exact) mass is 285 g/mol. The Morgan fingerprint density at radius 3 is 2.50 bits per heavy atom. The van der Waals surface area contributed by atoms with Crippen molar-refractivity contribution in [2.24, 2.45) is 5.73 Å². The number of carbonyl (C=O) groups excluding carboxylic acids is 1. The van der Waals surface area contributed by atoms with Crippen molar-refractivity contribution in [1.82, 2.24) is 0 Å². The fraction of sp³-hybridized carbons (Fsp3) is 0.154. The number of ether oxygens (including phenoxy) is 1. The van der Waals surface area contributed by atoms with Gasteiger partial charge in [0.25, 0.3) is 0 Å². The second kappa shape index (κ2) is 5.38. The first-order valence-electron chi connectivity index (χ1n) is 5.59. The lowest BCUT2D eigenvalue weighted by Crippen LogP contribution is -2.19. The van der Waals surface area contributed by atoms with Gasteiger partial charge in [0.05, 0.1) is 12.1 Å². The SMILES string of the molecule is NCc1ccc(C(=O)c2ccccc2OC(F)(F)F)o1. The lowest BCUT2D eigenvalue weighted by Gasteiger charge is -2.11. The van der Waals surface area contributed by atoms with Gasteiger partial charge in [0, 0.05) is 0 Å². The molecule has 2 aromatic rings. The Morgan fingerprint density at radius 1 is 1.20 bits per heavy atom. The van der Waals surface area contributed by atoms with Gasteiger partial charge in [-0.1, -0.05) is 12.1 Å². The number of benzene rings is 1. The van der Waals surface area contributed by atoms with Gasteiger partial charge < -0.3 is 14.9 Å². The van der Waals surface area contributed by atoms with E-state index in [1.54, 1.807) is 0 Å². The second-order valence-electron chi connectivity index (χ2n) is 3.84. The van der Waals surface area contributed by atoms with E-state index >= 15 is 0 Å². The number of ketones is 1. The van der Waals surface area contributed by atoms with Crippen LogP contribution in [0.2, 0.25) is 0 Å². The molecule has 1 aromatic carbocycles. The number of nitrogens with two attached hydrogens (primary N) is 1. The van der Waals surface area contributed by atoms with E-state index in [0.29, 0.717) is 5.76 Å². The zero-order chi connectivity index (χ0) is 14.8. The molecular formula is C13H10F3NO3. The molecule has 2 rings (SSSR count). The molecule has 0 saturated carbocycles. The van der Waals surface area contributed by atoms with E-state index in [1.165, 1.54) is 30.3 Å². The lowest BCUT2D eigenvalue weighted by atomic mass is 10.1. The number of para-hydroxylation sites is 1. The Hall–Kier alpha value is -2.28. The predicted octanol–water partition coefficient (Wildman–Crippen LogP) is 2.87. The quantitative estimate of drug-likeness (QED) is 0.877. The Morgan fingerprint density at radius 2 is 1.90 bits per heavy atom. The fourth-order valence-corrected chi connectivity index (χ4v) is 1.61. The minimum absolute atomic E-state index is 0.0912. The van der Waals surface area contributed by atoms with E-state index in [-0.39, 0.29) is 17.9 Å². The van der Waals surface area contributed by atoms with Crippen molar-refractivity contribution in [3.05, 3.63) is 53.5 Å². The number of furan rings is 1. The first-order valence-corrected chi connectivity index (χ1v) is 5.59. The van der Waals surface area contributed by atoms with Crippen LogP contribution >= 0.6 is 0 Å². The molecule has 7 heteroatoms. The van der Waals surface area contributed by atoms with Crippen molar-refractivity contribution >= 4 is 5.78 Å². The summed E-state index contributed by atoms with van der Waals surface area (Å²) in [5, 5.41) is 0. The van der Waals surface area contributed by atoms with Crippen LogP contribution in [0.5, 0.6) is 5.75 Å². The van der Waals surface area contributed by atoms with Gasteiger partial charge in [0.2, 0.25) is 5.78 Å². The average Bonchev–Trinajstić information content (AvgIpc) is 2.85. The van der Waals surface area contributed by atoms with Crippen molar-refractivity contribution in [1.29, 1.82) is 0 Å². The third-order valence-corrected chi connectivity index (χ3v) is 2.44. The normalized spacial score (nSPS) is 11.4. The van der Waals surface area contributed by atoms with Crippen molar-refractivity contribution in [3.63, 3.8) is 0 Å². The van der Waals surface area contributed by atoms with E-state index in [2.05, 4.69) is 4.74 Å². The van der Waals surface area contributed by atoms with Gasteiger partial charge in [-0.15, -0.1) is 13.2 Å². The smallest absolute Gasteiger partial charge is 0.456 e. The van der Waals surface area contributed by atoms with E-state index < -0.39 is 17.9 Å². The largest absolute Gasteiger partial charge is 0.573 e. The first-order chi connectivity index (χ1) is 9.40. The number of hydrogen-bond acceptors (Lipinski definition) is 4. The standard InChI is InChI=1S/C13H10F3NO3/c14-13(15,16)20-10-4-2-1-3-9(10)12(18)11-6-5-8(7-17)19-11/h1-6H,7,17H2. The third kappa shape index (κ3) is 3.18. The lowest BCUT2D eigenvalue weighted by molar-refractivity contribution is -0.274. The van der Waals surface area contributed by atoms with Crippen LogP contribution in [-0.2, 0) is 6.54 Å². The minimum Gasteiger partial charge on any atom is -0.456 e. The first kappa shape index (κ1) is 14.1. The molecule has 0 atom stereocenters. The molecule has 0 unspecified atom stereocenters. The molecule has 0 radical (unpaired) electrons. The van der Waals surface area contributed by atoms with Crippen molar-refractivity contribution in [3.8, 4) is 5.75 Å². The van der Waals surface area contributed by atoms with E-state index in [4.69, 9.17) is 10.2 Å². The number of halogens is 3. The molecule has 106 valence electrons. The number of carbonyl (C=O) groups is 1. The summed E-state index contributed by atoms with van der Waals surface area (Å²) in [5.41, 5.74) is 5.10. The summed E-state index contributed by atoms with van der Waals surface area (Å²) in [6, 6.07) is 7.91. The van der Waals surface area contributed by atoms with Crippen LogP contribution in [0.4, 0.5) is 13.2 Å². The van der Waals surface area contributed by atoms with Crippen LogP contribution in [0, 0.1) is 0 Å². The molecule has 0 aliphatic heterocycles. The minimum atomic E-state index is -4.87. The van der Waals surface area contributed by atoms with Crippen LogP contribution < -0.4 is 10.5 Å². The van der Waals surface area contributed by atoms with Gasteiger partial charge in [-0.05, 0) is 24.3 Å². The molecule has 0 fully saturated rings. The molecule has 0 amide bonds. The number of hydrogen-bond donors (Lipinski definition) is 1. The van der Waals surface area contributed by atoms with Gasteiger partial charge in [0.1, 0.15) is 11.5 Å². The average molecular weight is 285 g/mol. The van der Waals surface area contributed by atoms with E-state index in [9.17, 15) is 18.0 Å². The maximum absolute atomic E-state index is 12.3. The Balaban J connectivity index is 2.34. The highest BCUT2D eigenvalue weighted by molar-refractivity contribution is 6.09. The third-order valence-electron chi connectivity index (χ3n) is 2.44. The molecule has 2 N–H and O–H groups in total. The molecule has 1 heterocycles. The Labute approximate surface area is 111 Å². The molecule has 0 saturated heterocycles. The highest BCUT2D eigenvalue weighted by atomic mass is 19.4. The molecule has 0 bridgehead atoms. The number of rotatable bonds is 4. The zero-order valence-corrected chi connectivity index (χ0v) is 10.1. The molecule has 20 heavy (non-hydrogen) atoms. The summed E-state index contributed by atoms with van der Waals surface area (Å²) in [6.45, 7) is 0.0912. The van der Waals surface area contributed by atoms with Crippen LogP contribution in [0.25, 0.3) is 0 Å². The topological polar surface area (TPSA) is 65.5 Å². The Kier molecular flexibility index (Phi) is 3.80.